The van der Waals surface area contributed by atoms with Crippen LogP contribution in [-0.4, -0.2) is 21.0 Å². The predicted molar refractivity (Wildman–Crippen MR) is 68.1 cm³/mol. The fraction of sp³-hybridized carbons (Fsp3) is 0.0909. The van der Waals surface area contributed by atoms with Crippen LogP contribution in [0.1, 0.15) is 5.69 Å². The smallest absolute Gasteiger partial charge is 0.309 e. The Morgan fingerprint density at radius 3 is 2.94 bits per heavy atom. The fourth-order valence-corrected chi connectivity index (χ4v) is 2.03. The molecule has 6 heteroatoms. The molecule has 4 nitrogen and oxygen atoms in total. The van der Waals surface area contributed by atoms with Gasteiger partial charge in [0.25, 0.3) is 0 Å². The van der Waals surface area contributed by atoms with Crippen molar-refractivity contribution in [1.29, 1.82) is 0 Å². The number of aromatic nitrogens is 2. The molecule has 1 aromatic carbocycles. The molecule has 88 valence electrons. The summed E-state index contributed by atoms with van der Waals surface area (Å²) < 4.78 is 0.919. The van der Waals surface area contributed by atoms with Gasteiger partial charge in [-0.05, 0) is 12.1 Å². The van der Waals surface area contributed by atoms with E-state index < -0.39 is 5.97 Å². The minimum Gasteiger partial charge on any atom is -0.481 e. The summed E-state index contributed by atoms with van der Waals surface area (Å²) in [5.74, 6) is -0.385. The number of aromatic amines is 1. The number of hydrogen-bond acceptors (Lipinski definition) is 2. The molecule has 1 heterocycles. The molecule has 1 aromatic heterocycles. The monoisotopic (exact) mass is 314 g/mol. The molecule has 0 aliphatic carbocycles. The van der Waals surface area contributed by atoms with Crippen LogP contribution in [0.25, 0.3) is 11.4 Å². The molecule has 2 rings (SSSR count). The van der Waals surface area contributed by atoms with E-state index in [0.717, 1.165) is 10.0 Å². The summed E-state index contributed by atoms with van der Waals surface area (Å²) in [4.78, 5) is 17.6. The lowest BCUT2D eigenvalue weighted by Crippen LogP contribution is -2.00. The summed E-state index contributed by atoms with van der Waals surface area (Å²) in [6, 6.07) is 7.50. The first kappa shape index (κ1) is 12.1. The zero-order valence-corrected chi connectivity index (χ0v) is 10.9. The summed E-state index contributed by atoms with van der Waals surface area (Å²) in [5.41, 5.74) is 1.26. The van der Waals surface area contributed by atoms with Gasteiger partial charge in [-0.3, -0.25) is 4.79 Å². The number of H-pyrrole nitrogens is 1. The van der Waals surface area contributed by atoms with Crippen LogP contribution in [0.15, 0.2) is 28.7 Å². The molecule has 0 spiro atoms. The standard InChI is InChI=1S/C11H8BrClN2O2/c12-7-3-1-2-6(4-7)11-14-8(5-9(16)17)10(13)15-11/h1-4H,5H2,(H,14,15)(H,16,17). The lowest BCUT2D eigenvalue weighted by molar-refractivity contribution is -0.136. The summed E-state index contributed by atoms with van der Waals surface area (Å²) in [5, 5.41) is 8.90. The van der Waals surface area contributed by atoms with Crippen molar-refractivity contribution in [2.45, 2.75) is 6.42 Å². The maximum atomic E-state index is 10.6. The van der Waals surface area contributed by atoms with Crippen LogP contribution in [0.3, 0.4) is 0 Å². The van der Waals surface area contributed by atoms with Crippen molar-refractivity contribution >= 4 is 33.5 Å². The average Bonchev–Trinajstić information content (AvgIpc) is 2.59. The zero-order valence-electron chi connectivity index (χ0n) is 8.58. The molecule has 0 bridgehead atoms. The third kappa shape index (κ3) is 2.87. The summed E-state index contributed by atoms with van der Waals surface area (Å²) in [7, 11) is 0. The number of carbonyl (C=O) groups is 1. The topological polar surface area (TPSA) is 66.0 Å². The van der Waals surface area contributed by atoms with Gasteiger partial charge in [0.1, 0.15) is 5.82 Å². The Kier molecular flexibility index (Phi) is 3.49. The quantitative estimate of drug-likeness (QED) is 0.914. The van der Waals surface area contributed by atoms with Crippen LogP contribution in [0.5, 0.6) is 0 Å². The molecule has 0 unspecified atom stereocenters. The molecular weight excluding hydrogens is 307 g/mol. The Morgan fingerprint density at radius 2 is 2.29 bits per heavy atom. The van der Waals surface area contributed by atoms with Gasteiger partial charge in [-0.15, -0.1) is 0 Å². The third-order valence-electron chi connectivity index (χ3n) is 2.15. The Hall–Kier alpha value is -1.33. The molecule has 0 aliphatic heterocycles. The minimum atomic E-state index is -0.948. The molecule has 2 aromatic rings. The molecule has 0 atom stereocenters. The van der Waals surface area contributed by atoms with E-state index in [2.05, 4.69) is 25.9 Å². The van der Waals surface area contributed by atoms with Gasteiger partial charge in [0.2, 0.25) is 0 Å². The minimum absolute atomic E-state index is 0.167. The van der Waals surface area contributed by atoms with Crippen molar-refractivity contribution in [3.8, 4) is 11.4 Å². The lowest BCUT2D eigenvalue weighted by Gasteiger charge is -1.97. The number of carboxylic acid groups (broad SMARTS) is 1. The zero-order chi connectivity index (χ0) is 12.4. The number of imidazole rings is 1. The SMILES string of the molecule is O=C(O)Cc1[nH]c(-c2cccc(Br)c2)nc1Cl. The normalized spacial score (nSPS) is 10.5. The van der Waals surface area contributed by atoms with Crippen LogP contribution >= 0.6 is 27.5 Å². The number of hydrogen-bond donors (Lipinski definition) is 2. The van der Waals surface area contributed by atoms with Crippen molar-refractivity contribution in [2.75, 3.05) is 0 Å². The van der Waals surface area contributed by atoms with Crippen molar-refractivity contribution < 1.29 is 9.90 Å². The number of halogens is 2. The third-order valence-corrected chi connectivity index (χ3v) is 2.96. The highest BCUT2D eigenvalue weighted by atomic mass is 79.9. The van der Waals surface area contributed by atoms with Gasteiger partial charge in [-0.2, -0.15) is 0 Å². The van der Waals surface area contributed by atoms with Gasteiger partial charge in [-0.25, -0.2) is 4.98 Å². The van der Waals surface area contributed by atoms with E-state index in [1.807, 2.05) is 24.3 Å². The Bertz CT molecular complexity index is 568. The highest BCUT2D eigenvalue weighted by molar-refractivity contribution is 9.10. The van der Waals surface area contributed by atoms with Crippen LogP contribution in [0.2, 0.25) is 5.15 Å². The molecule has 0 aliphatic rings. The first-order valence-corrected chi connectivity index (χ1v) is 5.95. The first-order chi connectivity index (χ1) is 8.06. The summed E-state index contributed by atoms with van der Waals surface area (Å²) in [6.07, 6.45) is -0.167. The van der Waals surface area contributed by atoms with E-state index in [0.29, 0.717) is 11.5 Å². The molecule has 0 fully saturated rings. The van der Waals surface area contributed by atoms with Gasteiger partial charge in [-0.1, -0.05) is 39.7 Å². The Labute approximate surface area is 111 Å². The molecule has 0 radical (unpaired) electrons. The van der Waals surface area contributed by atoms with Crippen LogP contribution in [0.4, 0.5) is 0 Å². The number of aliphatic carboxylic acids is 1. The van der Waals surface area contributed by atoms with E-state index in [-0.39, 0.29) is 11.6 Å². The van der Waals surface area contributed by atoms with Crippen LogP contribution in [0, 0.1) is 0 Å². The van der Waals surface area contributed by atoms with Crippen LogP contribution in [-0.2, 0) is 11.2 Å². The van der Waals surface area contributed by atoms with Gasteiger partial charge < -0.3 is 10.1 Å². The first-order valence-electron chi connectivity index (χ1n) is 4.78. The number of rotatable bonds is 3. The second-order valence-electron chi connectivity index (χ2n) is 3.44. The number of nitrogens with one attached hydrogen (secondary N) is 1. The number of benzene rings is 1. The maximum absolute atomic E-state index is 10.6. The van der Waals surface area contributed by atoms with Crippen molar-refractivity contribution in [3.63, 3.8) is 0 Å². The Morgan fingerprint density at radius 1 is 1.53 bits per heavy atom. The summed E-state index contributed by atoms with van der Waals surface area (Å²) in [6.45, 7) is 0. The second-order valence-corrected chi connectivity index (χ2v) is 4.71. The molecule has 0 amide bonds. The van der Waals surface area contributed by atoms with E-state index >= 15 is 0 Å². The van der Waals surface area contributed by atoms with E-state index in [9.17, 15) is 4.79 Å². The van der Waals surface area contributed by atoms with Crippen molar-refractivity contribution in [2.24, 2.45) is 0 Å². The maximum Gasteiger partial charge on any atom is 0.309 e. The van der Waals surface area contributed by atoms with Gasteiger partial charge in [0.05, 0.1) is 12.1 Å². The molecule has 2 N–H and O–H groups in total. The molecular formula is C11H8BrClN2O2. The number of carboxylic acids is 1. The second kappa shape index (κ2) is 4.89. The van der Waals surface area contributed by atoms with Crippen LogP contribution < -0.4 is 0 Å². The van der Waals surface area contributed by atoms with Gasteiger partial charge >= 0.3 is 5.97 Å². The highest BCUT2D eigenvalue weighted by Crippen LogP contribution is 2.24. The summed E-state index contributed by atoms with van der Waals surface area (Å²) >= 11 is 9.22. The Balaban J connectivity index is 2.37. The fourth-order valence-electron chi connectivity index (χ4n) is 1.43. The number of nitrogens with zero attached hydrogens (tertiary/aromatic N) is 1. The molecule has 0 saturated heterocycles. The largest absolute Gasteiger partial charge is 0.481 e. The average molecular weight is 316 g/mol. The molecule has 0 saturated carbocycles. The van der Waals surface area contributed by atoms with E-state index in [1.54, 1.807) is 0 Å². The predicted octanol–water partition coefficient (Wildman–Crippen LogP) is 3.12. The lowest BCUT2D eigenvalue weighted by atomic mass is 10.2. The van der Waals surface area contributed by atoms with Crippen molar-refractivity contribution in [3.05, 3.63) is 39.6 Å². The van der Waals surface area contributed by atoms with E-state index in [4.69, 9.17) is 16.7 Å². The van der Waals surface area contributed by atoms with Crippen molar-refractivity contribution in [1.82, 2.24) is 9.97 Å². The van der Waals surface area contributed by atoms with Gasteiger partial charge in [0, 0.05) is 10.0 Å². The molecule has 17 heavy (non-hydrogen) atoms. The van der Waals surface area contributed by atoms with E-state index in [1.165, 1.54) is 0 Å². The highest BCUT2D eigenvalue weighted by Gasteiger charge is 2.12. The van der Waals surface area contributed by atoms with Gasteiger partial charge in [0.15, 0.2) is 5.15 Å².